The van der Waals surface area contributed by atoms with Crippen molar-refractivity contribution in [3.63, 3.8) is 0 Å². The molecule has 5 nitrogen and oxygen atoms in total. The van der Waals surface area contributed by atoms with Crippen LogP contribution in [0, 0.1) is 0 Å². The maximum absolute atomic E-state index is 5.38. The highest BCUT2D eigenvalue weighted by atomic mass is 16.5. The van der Waals surface area contributed by atoms with Crippen molar-refractivity contribution in [1.82, 2.24) is 15.0 Å². The Morgan fingerprint density at radius 3 is 3.00 bits per heavy atom. The van der Waals surface area contributed by atoms with E-state index in [1.54, 1.807) is 6.33 Å². The fraction of sp³-hybridized carbons (Fsp3) is 0.625. The Hall–Kier alpha value is -0.910. The van der Waals surface area contributed by atoms with Crippen LogP contribution in [0.3, 0.4) is 0 Å². The second-order valence-electron chi connectivity index (χ2n) is 2.84. The van der Waals surface area contributed by atoms with Gasteiger partial charge in [0.05, 0.1) is 24.7 Å². The van der Waals surface area contributed by atoms with Crippen LogP contribution in [-0.2, 0) is 11.8 Å². The molecule has 1 heterocycles. The smallest absolute Gasteiger partial charge is 0.0947 e. The zero-order chi connectivity index (χ0) is 9.68. The van der Waals surface area contributed by atoms with Crippen molar-refractivity contribution in [1.29, 1.82) is 0 Å². The highest BCUT2D eigenvalue weighted by molar-refractivity contribution is 5.02. The summed E-state index contributed by atoms with van der Waals surface area (Å²) in [5.41, 5.74) is 3.57. The number of hydrogen-bond donors (Lipinski definition) is 2. The number of rotatable bonds is 5. The molecule has 13 heavy (non-hydrogen) atoms. The van der Waals surface area contributed by atoms with E-state index in [0.29, 0.717) is 13.2 Å². The van der Waals surface area contributed by atoms with Gasteiger partial charge in [0.2, 0.25) is 0 Å². The molecule has 0 saturated heterocycles. The predicted molar refractivity (Wildman–Crippen MR) is 49.8 cm³/mol. The van der Waals surface area contributed by atoms with E-state index in [-0.39, 0.29) is 6.04 Å². The summed E-state index contributed by atoms with van der Waals surface area (Å²) in [6, 6.07) is -0.0267. The van der Waals surface area contributed by atoms with Crippen molar-refractivity contribution < 1.29 is 4.74 Å². The van der Waals surface area contributed by atoms with Gasteiger partial charge in [0.15, 0.2) is 0 Å². The molecule has 1 unspecified atom stereocenters. The highest BCUT2D eigenvalue weighted by Gasteiger charge is 2.11. The molecule has 0 saturated carbocycles. The Morgan fingerprint density at radius 1 is 1.77 bits per heavy atom. The molecule has 1 rings (SSSR count). The van der Waals surface area contributed by atoms with Gasteiger partial charge in [-0.05, 0) is 6.92 Å². The summed E-state index contributed by atoms with van der Waals surface area (Å²) in [6.45, 7) is 3.18. The van der Waals surface area contributed by atoms with E-state index in [1.807, 2.05) is 24.7 Å². The third-order valence-corrected chi connectivity index (χ3v) is 1.77. The molecule has 0 spiro atoms. The molecule has 0 amide bonds. The zero-order valence-corrected chi connectivity index (χ0v) is 8.03. The number of aryl methyl sites for hydroxylation is 1. The van der Waals surface area contributed by atoms with E-state index < -0.39 is 0 Å². The van der Waals surface area contributed by atoms with Gasteiger partial charge in [-0.25, -0.2) is 10.4 Å². The van der Waals surface area contributed by atoms with Crippen molar-refractivity contribution in [3.8, 4) is 0 Å². The zero-order valence-electron chi connectivity index (χ0n) is 8.03. The standard InChI is InChI=1S/C8H16N4O/c1-3-13-5-8(11-9)7-4-12(2)6-10-7/h4,6,8,11H,3,5,9H2,1-2H3. The van der Waals surface area contributed by atoms with Gasteiger partial charge in [0.1, 0.15) is 0 Å². The fourth-order valence-corrected chi connectivity index (χ4v) is 1.07. The molecule has 5 heteroatoms. The first kappa shape index (κ1) is 10.2. The van der Waals surface area contributed by atoms with Crippen molar-refractivity contribution >= 4 is 0 Å². The SMILES string of the molecule is CCOCC(NN)c1cn(C)cn1. The minimum absolute atomic E-state index is 0.0267. The van der Waals surface area contributed by atoms with Crippen molar-refractivity contribution in [2.24, 2.45) is 12.9 Å². The van der Waals surface area contributed by atoms with Crippen LogP contribution in [0.1, 0.15) is 18.7 Å². The average Bonchev–Trinajstić information content (AvgIpc) is 2.54. The fourth-order valence-electron chi connectivity index (χ4n) is 1.07. The van der Waals surface area contributed by atoms with Gasteiger partial charge in [-0.2, -0.15) is 0 Å². The largest absolute Gasteiger partial charge is 0.380 e. The first-order valence-corrected chi connectivity index (χ1v) is 4.29. The Kier molecular flexibility index (Phi) is 3.88. The summed E-state index contributed by atoms with van der Waals surface area (Å²) >= 11 is 0. The molecular formula is C8H16N4O. The number of nitrogens with zero attached hydrogens (tertiary/aromatic N) is 2. The van der Waals surface area contributed by atoms with Crippen LogP contribution in [0.15, 0.2) is 12.5 Å². The van der Waals surface area contributed by atoms with Gasteiger partial charge >= 0.3 is 0 Å². The lowest BCUT2D eigenvalue weighted by Gasteiger charge is -2.12. The maximum atomic E-state index is 5.38. The maximum Gasteiger partial charge on any atom is 0.0947 e. The van der Waals surface area contributed by atoms with E-state index in [1.165, 1.54) is 0 Å². The lowest BCUT2D eigenvalue weighted by molar-refractivity contribution is 0.122. The highest BCUT2D eigenvalue weighted by Crippen LogP contribution is 2.08. The van der Waals surface area contributed by atoms with Crippen molar-refractivity contribution in [2.45, 2.75) is 13.0 Å². The summed E-state index contributed by atoms with van der Waals surface area (Å²) in [6.07, 6.45) is 3.66. The minimum atomic E-state index is -0.0267. The van der Waals surface area contributed by atoms with Crippen LogP contribution in [0.25, 0.3) is 0 Å². The first-order valence-electron chi connectivity index (χ1n) is 4.29. The van der Waals surface area contributed by atoms with Gasteiger partial charge in [0.25, 0.3) is 0 Å². The molecule has 0 aliphatic rings. The van der Waals surface area contributed by atoms with Gasteiger partial charge in [-0.15, -0.1) is 0 Å². The molecular weight excluding hydrogens is 168 g/mol. The summed E-state index contributed by atoms with van der Waals surface area (Å²) in [5.74, 6) is 5.38. The molecule has 1 aromatic heterocycles. The average molecular weight is 184 g/mol. The minimum Gasteiger partial charge on any atom is -0.380 e. The van der Waals surface area contributed by atoms with E-state index in [4.69, 9.17) is 10.6 Å². The molecule has 0 radical (unpaired) electrons. The summed E-state index contributed by atoms with van der Waals surface area (Å²) in [7, 11) is 1.92. The molecule has 0 fully saturated rings. The van der Waals surface area contributed by atoms with Gasteiger partial charge in [0, 0.05) is 19.9 Å². The Bertz CT molecular complexity index is 248. The first-order chi connectivity index (χ1) is 6.27. The van der Waals surface area contributed by atoms with Crippen LogP contribution in [0.2, 0.25) is 0 Å². The molecule has 0 aromatic carbocycles. The molecule has 0 bridgehead atoms. The van der Waals surface area contributed by atoms with Crippen molar-refractivity contribution in [2.75, 3.05) is 13.2 Å². The predicted octanol–water partition coefficient (Wildman–Crippen LogP) is -0.0390. The Balaban J connectivity index is 2.56. The molecule has 1 atom stereocenters. The number of aromatic nitrogens is 2. The summed E-state index contributed by atoms with van der Waals surface area (Å²) in [5, 5.41) is 0. The number of hydrogen-bond acceptors (Lipinski definition) is 4. The number of nitrogens with two attached hydrogens (primary N) is 1. The van der Waals surface area contributed by atoms with Crippen molar-refractivity contribution in [3.05, 3.63) is 18.2 Å². The lowest BCUT2D eigenvalue weighted by atomic mass is 10.2. The molecule has 0 aliphatic carbocycles. The van der Waals surface area contributed by atoms with Gasteiger partial charge in [-0.3, -0.25) is 5.84 Å². The number of nitrogens with one attached hydrogen (secondary N) is 1. The molecule has 3 N–H and O–H groups in total. The topological polar surface area (TPSA) is 65.1 Å². The third kappa shape index (κ3) is 2.80. The van der Waals surface area contributed by atoms with Crippen LogP contribution >= 0.6 is 0 Å². The van der Waals surface area contributed by atoms with E-state index in [0.717, 1.165) is 5.69 Å². The van der Waals surface area contributed by atoms with Crippen LogP contribution in [-0.4, -0.2) is 22.8 Å². The monoisotopic (exact) mass is 184 g/mol. The number of imidazole rings is 1. The van der Waals surface area contributed by atoms with Gasteiger partial charge in [-0.1, -0.05) is 0 Å². The molecule has 0 aliphatic heterocycles. The van der Waals surface area contributed by atoms with Crippen LogP contribution in [0.4, 0.5) is 0 Å². The summed E-state index contributed by atoms with van der Waals surface area (Å²) in [4.78, 5) is 4.18. The lowest BCUT2D eigenvalue weighted by Crippen LogP contribution is -2.31. The quantitative estimate of drug-likeness (QED) is 0.498. The summed E-state index contributed by atoms with van der Waals surface area (Å²) < 4.78 is 7.14. The Morgan fingerprint density at radius 2 is 2.54 bits per heavy atom. The normalized spacial score (nSPS) is 13.2. The third-order valence-electron chi connectivity index (χ3n) is 1.77. The van der Waals surface area contributed by atoms with E-state index >= 15 is 0 Å². The Labute approximate surface area is 77.9 Å². The second-order valence-corrected chi connectivity index (χ2v) is 2.84. The second kappa shape index (κ2) is 4.96. The van der Waals surface area contributed by atoms with Gasteiger partial charge < -0.3 is 9.30 Å². The van der Waals surface area contributed by atoms with Crippen LogP contribution in [0.5, 0.6) is 0 Å². The number of ether oxygens (including phenoxy) is 1. The molecule has 1 aromatic rings. The number of hydrazine groups is 1. The van der Waals surface area contributed by atoms with E-state index in [9.17, 15) is 0 Å². The molecule has 74 valence electrons. The van der Waals surface area contributed by atoms with E-state index in [2.05, 4.69) is 10.4 Å². The van der Waals surface area contributed by atoms with Crippen LogP contribution < -0.4 is 11.3 Å².